The van der Waals surface area contributed by atoms with Crippen molar-refractivity contribution in [2.45, 2.75) is 26.4 Å². The van der Waals surface area contributed by atoms with Gasteiger partial charge in [-0.2, -0.15) is 0 Å². The standard InChI is InChI=1S/C16H21ClN2O4/c1-16(2,3)23-15(21)18-7-8-19(14(20)10-18)13-6-5-11(22-4)9-12(13)17/h5-6,9H,7-8,10H2,1-4H3. The van der Waals surface area contributed by atoms with Crippen LogP contribution in [0, 0.1) is 0 Å². The second-order valence-corrected chi connectivity index (χ2v) is 6.67. The van der Waals surface area contributed by atoms with Crippen molar-refractivity contribution >= 4 is 29.3 Å². The monoisotopic (exact) mass is 340 g/mol. The lowest BCUT2D eigenvalue weighted by Crippen LogP contribution is -2.53. The first kappa shape index (κ1) is 17.4. The van der Waals surface area contributed by atoms with Crippen LogP contribution in [0.4, 0.5) is 10.5 Å². The molecule has 1 aliphatic heterocycles. The number of ether oxygens (including phenoxy) is 2. The number of halogens is 1. The second kappa shape index (κ2) is 6.66. The lowest BCUT2D eigenvalue weighted by atomic mass is 10.2. The molecule has 0 N–H and O–H groups in total. The Hall–Kier alpha value is -1.95. The van der Waals surface area contributed by atoms with Gasteiger partial charge in [0.1, 0.15) is 17.9 Å². The van der Waals surface area contributed by atoms with Gasteiger partial charge in [0.05, 0.1) is 17.8 Å². The topological polar surface area (TPSA) is 59.1 Å². The third-order valence-electron chi connectivity index (χ3n) is 3.32. The largest absolute Gasteiger partial charge is 0.497 e. The minimum atomic E-state index is -0.587. The van der Waals surface area contributed by atoms with Gasteiger partial charge in [-0.1, -0.05) is 11.6 Å². The summed E-state index contributed by atoms with van der Waals surface area (Å²) in [5.41, 5.74) is 0.0256. The number of hydrogen-bond acceptors (Lipinski definition) is 4. The van der Waals surface area contributed by atoms with Crippen LogP contribution in [-0.2, 0) is 9.53 Å². The number of benzene rings is 1. The number of methoxy groups -OCH3 is 1. The first-order valence-corrected chi connectivity index (χ1v) is 7.71. The van der Waals surface area contributed by atoms with Crippen LogP contribution in [0.1, 0.15) is 20.8 Å². The Labute approximate surface area is 140 Å². The highest BCUT2D eigenvalue weighted by Crippen LogP contribution is 2.31. The summed E-state index contributed by atoms with van der Waals surface area (Å²) >= 11 is 6.21. The Morgan fingerprint density at radius 2 is 1.96 bits per heavy atom. The van der Waals surface area contributed by atoms with Gasteiger partial charge in [-0.05, 0) is 32.9 Å². The highest BCUT2D eigenvalue weighted by atomic mass is 35.5. The van der Waals surface area contributed by atoms with E-state index in [1.54, 1.807) is 51.0 Å². The van der Waals surface area contributed by atoms with E-state index in [1.165, 1.54) is 4.90 Å². The average Bonchev–Trinajstić information content (AvgIpc) is 2.45. The summed E-state index contributed by atoms with van der Waals surface area (Å²) in [6.07, 6.45) is -0.480. The number of rotatable bonds is 2. The number of carbonyl (C=O) groups is 2. The molecule has 1 aromatic rings. The fraction of sp³-hybridized carbons (Fsp3) is 0.500. The average molecular weight is 341 g/mol. The molecular formula is C16H21ClN2O4. The maximum absolute atomic E-state index is 12.4. The lowest BCUT2D eigenvalue weighted by molar-refractivity contribution is -0.121. The maximum atomic E-state index is 12.4. The molecule has 0 saturated carbocycles. The van der Waals surface area contributed by atoms with E-state index in [0.29, 0.717) is 29.5 Å². The predicted molar refractivity (Wildman–Crippen MR) is 88.2 cm³/mol. The third kappa shape index (κ3) is 4.28. The molecule has 23 heavy (non-hydrogen) atoms. The fourth-order valence-corrected chi connectivity index (χ4v) is 2.52. The van der Waals surface area contributed by atoms with E-state index in [1.807, 2.05) is 0 Å². The van der Waals surface area contributed by atoms with Crippen LogP contribution in [0.15, 0.2) is 18.2 Å². The Morgan fingerprint density at radius 3 is 2.48 bits per heavy atom. The fourth-order valence-electron chi connectivity index (χ4n) is 2.24. The Balaban J connectivity index is 2.07. The normalized spacial score (nSPS) is 15.6. The molecule has 1 heterocycles. The van der Waals surface area contributed by atoms with Crippen LogP contribution in [0.5, 0.6) is 5.75 Å². The van der Waals surface area contributed by atoms with Crippen LogP contribution >= 0.6 is 11.6 Å². The van der Waals surface area contributed by atoms with E-state index < -0.39 is 11.7 Å². The summed E-state index contributed by atoms with van der Waals surface area (Å²) < 4.78 is 10.4. The van der Waals surface area contributed by atoms with Crippen LogP contribution in [0.2, 0.25) is 5.02 Å². The molecule has 0 aliphatic carbocycles. The summed E-state index contributed by atoms with van der Waals surface area (Å²) in [5.74, 6) is 0.424. The van der Waals surface area contributed by atoms with Crippen molar-refractivity contribution in [2.24, 2.45) is 0 Å². The molecule has 1 fully saturated rings. The summed E-state index contributed by atoms with van der Waals surface area (Å²) in [5, 5.41) is 0.434. The van der Waals surface area contributed by atoms with Gasteiger partial charge < -0.3 is 14.4 Å². The molecule has 7 heteroatoms. The number of piperazine rings is 1. The third-order valence-corrected chi connectivity index (χ3v) is 3.62. The Kier molecular flexibility index (Phi) is 5.04. The molecule has 126 valence electrons. The molecule has 1 aliphatic rings. The Bertz CT molecular complexity index is 613. The lowest BCUT2D eigenvalue weighted by Gasteiger charge is -2.35. The van der Waals surface area contributed by atoms with E-state index >= 15 is 0 Å². The second-order valence-electron chi connectivity index (χ2n) is 6.26. The van der Waals surface area contributed by atoms with E-state index in [-0.39, 0.29) is 12.5 Å². The number of nitrogens with zero attached hydrogens (tertiary/aromatic N) is 2. The zero-order valence-electron chi connectivity index (χ0n) is 13.8. The van der Waals surface area contributed by atoms with E-state index in [2.05, 4.69) is 0 Å². The van der Waals surface area contributed by atoms with Gasteiger partial charge >= 0.3 is 6.09 Å². The molecule has 0 aromatic heterocycles. The smallest absolute Gasteiger partial charge is 0.410 e. The maximum Gasteiger partial charge on any atom is 0.410 e. The van der Waals surface area contributed by atoms with Gasteiger partial charge in [0.2, 0.25) is 5.91 Å². The summed E-state index contributed by atoms with van der Waals surface area (Å²) in [6, 6.07) is 5.14. The molecule has 0 unspecified atom stereocenters. The van der Waals surface area contributed by atoms with Crippen molar-refractivity contribution in [1.82, 2.24) is 4.90 Å². The van der Waals surface area contributed by atoms with E-state index in [9.17, 15) is 9.59 Å². The number of carbonyl (C=O) groups excluding carboxylic acids is 2. The molecule has 2 amide bonds. The van der Waals surface area contributed by atoms with Crippen LogP contribution in [0.3, 0.4) is 0 Å². The number of anilines is 1. The summed E-state index contributed by atoms with van der Waals surface area (Å²) in [4.78, 5) is 27.4. The first-order chi connectivity index (χ1) is 10.7. The molecule has 2 rings (SSSR count). The van der Waals surface area contributed by atoms with E-state index in [0.717, 1.165) is 0 Å². The van der Waals surface area contributed by atoms with E-state index in [4.69, 9.17) is 21.1 Å². The minimum Gasteiger partial charge on any atom is -0.497 e. The van der Waals surface area contributed by atoms with Crippen LogP contribution in [-0.4, -0.2) is 49.2 Å². The van der Waals surface area contributed by atoms with Crippen molar-refractivity contribution in [1.29, 1.82) is 0 Å². The van der Waals surface area contributed by atoms with Crippen molar-refractivity contribution in [3.05, 3.63) is 23.2 Å². The highest BCUT2D eigenvalue weighted by molar-refractivity contribution is 6.34. The molecule has 0 bridgehead atoms. The van der Waals surface area contributed by atoms with Gasteiger partial charge in [0, 0.05) is 19.2 Å². The van der Waals surface area contributed by atoms with Crippen LogP contribution in [0.25, 0.3) is 0 Å². The SMILES string of the molecule is COc1ccc(N2CCN(C(=O)OC(C)(C)C)CC2=O)c(Cl)c1. The van der Waals surface area contributed by atoms with Crippen molar-refractivity contribution in [3.63, 3.8) is 0 Å². The molecule has 1 saturated heterocycles. The number of hydrogen-bond donors (Lipinski definition) is 0. The number of amides is 2. The minimum absolute atomic E-state index is 0.0305. The predicted octanol–water partition coefficient (Wildman–Crippen LogP) is 2.93. The quantitative estimate of drug-likeness (QED) is 0.830. The Morgan fingerprint density at radius 1 is 1.26 bits per heavy atom. The van der Waals surface area contributed by atoms with Crippen LogP contribution < -0.4 is 9.64 Å². The molecule has 6 nitrogen and oxygen atoms in total. The highest BCUT2D eigenvalue weighted by Gasteiger charge is 2.31. The molecular weight excluding hydrogens is 320 g/mol. The van der Waals surface area contributed by atoms with Crippen molar-refractivity contribution in [2.75, 3.05) is 31.6 Å². The van der Waals surface area contributed by atoms with Crippen molar-refractivity contribution in [3.8, 4) is 5.75 Å². The molecule has 0 radical (unpaired) electrons. The molecule has 0 spiro atoms. The van der Waals surface area contributed by atoms with Gasteiger partial charge in [0.15, 0.2) is 0 Å². The molecule has 0 atom stereocenters. The first-order valence-electron chi connectivity index (χ1n) is 7.33. The van der Waals surface area contributed by atoms with Gasteiger partial charge in [-0.15, -0.1) is 0 Å². The zero-order valence-corrected chi connectivity index (χ0v) is 14.5. The van der Waals surface area contributed by atoms with Gasteiger partial charge in [0.25, 0.3) is 0 Å². The molecule has 1 aromatic carbocycles. The zero-order chi connectivity index (χ0) is 17.2. The van der Waals surface area contributed by atoms with Gasteiger partial charge in [-0.3, -0.25) is 9.69 Å². The summed E-state index contributed by atoms with van der Waals surface area (Å²) in [7, 11) is 1.55. The van der Waals surface area contributed by atoms with Gasteiger partial charge in [-0.25, -0.2) is 4.79 Å². The van der Waals surface area contributed by atoms with Crippen molar-refractivity contribution < 1.29 is 19.1 Å². The summed E-state index contributed by atoms with van der Waals surface area (Å²) in [6.45, 7) is 6.10.